The molecule has 1 heterocycles. The first kappa shape index (κ1) is 19.6. The quantitative estimate of drug-likeness (QED) is 0.764. The van der Waals surface area contributed by atoms with Crippen LogP contribution in [0.3, 0.4) is 0 Å². The third kappa shape index (κ3) is 6.51. The zero-order valence-electron chi connectivity index (χ0n) is 16.5. The molecule has 3 rings (SSSR count). The van der Waals surface area contributed by atoms with Gasteiger partial charge >= 0.3 is 0 Å². The molecular formula is C24H32N2O. The van der Waals surface area contributed by atoms with E-state index >= 15 is 0 Å². The third-order valence-electron chi connectivity index (χ3n) is 5.41. The summed E-state index contributed by atoms with van der Waals surface area (Å²) in [5, 5.41) is 3.13. The first-order chi connectivity index (χ1) is 13.2. The van der Waals surface area contributed by atoms with Crippen LogP contribution in [0.2, 0.25) is 0 Å². The molecule has 144 valence electrons. The Morgan fingerprint density at radius 1 is 0.926 bits per heavy atom. The van der Waals surface area contributed by atoms with Gasteiger partial charge < -0.3 is 5.32 Å². The van der Waals surface area contributed by atoms with E-state index in [1.165, 1.54) is 49.9 Å². The predicted octanol–water partition coefficient (Wildman–Crippen LogP) is 4.81. The second kappa shape index (κ2) is 10.3. The van der Waals surface area contributed by atoms with E-state index in [1.54, 1.807) is 0 Å². The summed E-state index contributed by atoms with van der Waals surface area (Å²) < 4.78 is 0. The molecular weight excluding hydrogens is 332 g/mol. The number of hydrogen-bond acceptors (Lipinski definition) is 2. The van der Waals surface area contributed by atoms with Crippen molar-refractivity contribution >= 4 is 5.91 Å². The molecule has 2 aromatic carbocycles. The molecule has 3 heteroatoms. The number of rotatable bonds is 7. The molecule has 0 aromatic heterocycles. The highest BCUT2D eigenvalue weighted by molar-refractivity contribution is 5.94. The molecule has 1 saturated heterocycles. The Labute approximate surface area is 163 Å². The number of aryl methyl sites for hydroxylation is 1. The molecule has 1 N–H and O–H groups in total. The third-order valence-corrected chi connectivity index (χ3v) is 5.41. The fourth-order valence-electron chi connectivity index (χ4n) is 3.72. The van der Waals surface area contributed by atoms with Gasteiger partial charge in [-0.2, -0.15) is 0 Å². The van der Waals surface area contributed by atoms with Gasteiger partial charge in [-0.15, -0.1) is 0 Å². The molecule has 0 radical (unpaired) electrons. The van der Waals surface area contributed by atoms with Crippen LogP contribution >= 0.6 is 0 Å². The lowest BCUT2D eigenvalue weighted by Gasteiger charge is -2.20. The lowest BCUT2D eigenvalue weighted by molar-refractivity contribution is 0.0938. The van der Waals surface area contributed by atoms with Gasteiger partial charge in [0.05, 0.1) is 0 Å². The van der Waals surface area contributed by atoms with Crippen molar-refractivity contribution in [3.05, 3.63) is 71.3 Å². The number of amides is 1. The summed E-state index contributed by atoms with van der Waals surface area (Å²) in [6.07, 6.45) is 7.26. The van der Waals surface area contributed by atoms with Gasteiger partial charge in [-0.05, 0) is 69.0 Å². The smallest absolute Gasteiger partial charge is 0.251 e. The monoisotopic (exact) mass is 364 g/mol. The summed E-state index contributed by atoms with van der Waals surface area (Å²) in [7, 11) is 0. The summed E-state index contributed by atoms with van der Waals surface area (Å²) in [5.41, 5.74) is 3.36. The summed E-state index contributed by atoms with van der Waals surface area (Å²) in [6, 6.07) is 18.7. The maximum Gasteiger partial charge on any atom is 0.251 e. The van der Waals surface area contributed by atoms with E-state index in [2.05, 4.69) is 53.5 Å². The van der Waals surface area contributed by atoms with Crippen molar-refractivity contribution < 1.29 is 4.79 Å². The number of carbonyl (C=O) groups excluding carboxylic acids is 1. The van der Waals surface area contributed by atoms with E-state index in [1.807, 2.05) is 18.2 Å². The Morgan fingerprint density at radius 3 is 2.26 bits per heavy atom. The van der Waals surface area contributed by atoms with E-state index in [-0.39, 0.29) is 11.9 Å². The molecule has 1 aliphatic rings. The molecule has 27 heavy (non-hydrogen) atoms. The average molecular weight is 365 g/mol. The summed E-state index contributed by atoms with van der Waals surface area (Å²) in [5.74, 6) is 0.0249. The maximum atomic E-state index is 12.5. The Morgan fingerprint density at radius 2 is 1.59 bits per heavy atom. The Kier molecular flexibility index (Phi) is 7.46. The fourth-order valence-corrected chi connectivity index (χ4v) is 3.72. The van der Waals surface area contributed by atoms with Crippen LogP contribution in [0.5, 0.6) is 0 Å². The molecule has 1 amide bonds. The second-order valence-corrected chi connectivity index (χ2v) is 7.79. The van der Waals surface area contributed by atoms with Gasteiger partial charge in [-0.3, -0.25) is 9.69 Å². The molecule has 1 fully saturated rings. The van der Waals surface area contributed by atoms with Gasteiger partial charge in [0, 0.05) is 18.2 Å². The summed E-state index contributed by atoms with van der Waals surface area (Å²) in [6.45, 7) is 5.46. The summed E-state index contributed by atoms with van der Waals surface area (Å²) in [4.78, 5) is 15.0. The number of carbonyl (C=O) groups is 1. The van der Waals surface area contributed by atoms with Crippen LogP contribution in [0.4, 0.5) is 0 Å². The highest BCUT2D eigenvalue weighted by Crippen LogP contribution is 2.14. The van der Waals surface area contributed by atoms with Crippen molar-refractivity contribution in [3.63, 3.8) is 0 Å². The van der Waals surface area contributed by atoms with Crippen molar-refractivity contribution in [1.29, 1.82) is 0 Å². The molecule has 0 unspecified atom stereocenters. The van der Waals surface area contributed by atoms with E-state index in [9.17, 15) is 4.79 Å². The van der Waals surface area contributed by atoms with Crippen molar-refractivity contribution in [3.8, 4) is 0 Å². The van der Waals surface area contributed by atoms with E-state index in [0.717, 1.165) is 24.9 Å². The number of nitrogens with zero attached hydrogens (tertiary/aromatic N) is 1. The zero-order valence-corrected chi connectivity index (χ0v) is 16.5. The topological polar surface area (TPSA) is 32.3 Å². The number of nitrogens with one attached hydrogen (secondary N) is 1. The maximum absolute atomic E-state index is 12.5. The molecule has 0 bridgehead atoms. The molecule has 0 spiro atoms. The van der Waals surface area contributed by atoms with E-state index in [4.69, 9.17) is 0 Å². The minimum Gasteiger partial charge on any atom is -0.350 e. The van der Waals surface area contributed by atoms with Crippen LogP contribution in [0.25, 0.3) is 0 Å². The van der Waals surface area contributed by atoms with Gasteiger partial charge in [0.25, 0.3) is 5.91 Å². The summed E-state index contributed by atoms with van der Waals surface area (Å²) >= 11 is 0. The van der Waals surface area contributed by atoms with E-state index < -0.39 is 0 Å². The van der Waals surface area contributed by atoms with Crippen molar-refractivity contribution in [2.45, 2.75) is 58.0 Å². The first-order valence-corrected chi connectivity index (χ1v) is 10.4. The van der Waals surface area contributed by atoms with Crippen LogP contribution in [0.1, 0.15) is 60.5 Å². The molecule has 0 aliphatic carbocycles. The molecule has 0 saturated carbocycles. The van der Waals surface area contributed by atoms with Crippen LogP contribution in [-0.2, 0) is 13.0 Å². The van der Waals surface area contributed by atoms with Crippen molar-refractivity contribution in [1.82, 2.24) is 10.2 Å². The number of likely N-dealkylation sites (tertiary alicyclic amines) is 1. The Bertz CT molecular complexity index is 688. The predicted molar refractivity (Wildman–Crippen MR) is 112 cm³/mol. The van der Waals surface area contributed by atoms with Gasteiger partial charge in [0.2, 0.25) is 0 Å². The van der Waals surface area contributed by atoms with Crippen LogP contribution in [-0.4, -0.2) is 29.9 Å². The van der Waals surface area contributed by atoms with Gasteiger partial charge in [0.1, 0.15) is 0 Å². The van der Waals surface area contributed by atoms with Gasteiger partial charge in [-0.25, -0.2) is 0 Å². The first-order valence-electron chi connectivity index (χ1n) is 10.4. The van der Waals surface area contributed by atoms with Crippen LogP contribution < -0.4 is 5.32 Å². The highest BCUT2D eigenvalue weighted by atomic mass is 16.1. The van der Waals surface area contributed by atoms with Gasteiger partial charge in [0.15, 0.2) is 0 Å². The minimum absolute atomic E-state index is 0.0249. The molecule has 3 nitrogen and oxygen atoms in total. The van der Waals surface area contributed by atoms with Crippen LogP contribution in [0, 0.1) is 0 Å². The normalized spacial score (nSPS) is 16.5. The largest absolute Gasteiger partial charge is 0.350 e. The lowest BCUT2D eigenvalue weighted by atomic mass is 10.1. The molecule has 2 aromatic rings. The van der Waals surface area contributed by atoms with Gasteiger partial charge in [-0.1, -0.05) is 55.3 Å². The van der Waals surface area contributed by atoms with Crippen LogP contribution in [0.15, 0.2) is 54.6 Å². The number of hydrogen-bond donors (Lipinski definition) is 1. The standard InChI is InChI=1S/C24H32N2O/c1-20(11-12-21-9-5-4-6-10-21)25-24(27)23-15-13-22(14-16-23)19-26-17-7-2-3-8-18-26/h4-6,9-10,13-16,20H,2-3,7-8,11-12,17-19H2,1H3,(H,25,27)/t20-/m1/s1. The minimum atomic E-state index is 0.0249. The zero-order chi connectivity index (χ0) is 18.9. The number of benzene rings is 2. The lowest BCUT2D eigenvalue weighted by Crippen LogP contribution is -2.32. The Balaban J connectivity index is 1.46. The SMILES string of the molecule is C[C@H](CCc1ccccc1)NC(=O)c1ccc(CN2CCCCCC2)cc1. The average Bonchev–Trinajstić information content (AvgIpc) is 2.96. The molecule has 1 aliphatic heterocycles. The van der Waals surface area contributed by atoms with Crippen molar-refractivity contribution in [2.75, 3.05) is 13.1 Å². The van der Waals surface area contributed by atoms with Crippen molar-refractivity contribution in [2.24, 2.45) is 0 Å². The molecule has 1 atom stereocenters. The second-order valence-electron chi connectivity index (χ2n) is 7.79. The Hall–Kier alpha value is -2.13. The van der Waals surface area contributed by atoms with E-state index in [0.29, 0.717) is 0 Å². The fraction of sp³-hybridized carbons (Fsp3) is 0.458. The highest BCUT2D eigenvalue weighted by Gasteiger charge is 2.12.